The Morgan fingerprint density at radius 1 is 1.39 bits per heavy atom. The van der Waals surface area contributed by atoms with Crippen LogP contribution in [0, 0.1) is 13.8 Å². The number of unbranched alkanes of at least 4 members (excludes halogenated alkanes) is 1. The van der Waals surface area contributed by atoms with Crippen molar-refractivity contribution in [2.24, 2.45) is 0 Å². The maximum absolute atomic E-state index is 12.4. The van der Waals surface area contributed by atoms with Gasteiger partial charge < -0.3 is 5.11 Å². The molecule has 0 aliphatic carbocycles. The van der Waals surface area contributed by atoms with Gasteiger partial charge in [0.25, 0.3) is 0 Å². The summed E-state index contributed by atoms with van der Waals surface area (Å²) in [6.07, 6.45) is 2.16. The number of aryl methyl sites for hydroxylation is 2. The molecular weight excluding hydrogens is 248 g/mol. The van der Waals surface area contributed by atoms with Gasteiger partial charge in [-0.05, 0) is 31.9 Å². The van der Waals surface area contributed by atoms with Crippen LogP contribution in [0.1, 0.15) is 37.3 Å². The highest BCUT2D eigenvalue weighted by Gasteiger charge is 2.26. The molecule has 1 aromatic carbocycles. The van der Waals surface area contributed by atoms with Crippen molar-refractivity contribution >= 4 is 16.8 Å². The van der Waals surface area contributed by atoms with Crippen molar-refractivity contribution in [1.82, 2.24) is 0 Å². The van der Waals surface area contributed by atoms with Crippen LogP contribution in [0.3, 0.4) is 0 Å². The van der Waals surface area contributed by atoms with Crippen molar-refractivity contribution in [2.45, 2.75) is 50.2 Å². The zero-order valence-corrected chi connectivity index (χ0v) is 11.9. The Morgan fingerprint density at radius 3 is 2.56 bits per heavy atom. The molecule has 0 saturated heterocycles. The lowest BCUT2D eigenvalue weighted by molar-refractivity contribution is -0.136. The number of hydrogen-bond acceptors (Lipinski definition) is 2. The summed E-state index contributed by atoms with van der Waals surface area (Å²) < 4.78 is 12.4. The predicted molar refractivity (Wildman–Crippen MR) is 73.3 cm³/mol. The summed E-state index contributed by atoms with van der Waals surface area (Å²) in [5, 5.41) is 8.38. The molecule has 1 N–H and O–H groups in total. The average Bonchev–Trinajstić information content (AvgIpc) is 2.28. The minimum Gasteiger partial charge on any atom is -0.480 e. The van der Waals surface area contributed by atoms with Crippen molar-refractivity contribution in [1.29, 1.82) is 0 Å². The van der Waals surface area contributed by atoms with Gasteiger partial charge in [-0.1, -0.05) is 37.5 Å². The lowest BCUT2D eigenvalue weighted by Crippen LogP contribution is -2.26. The van der Waals surface area contributed by atoms with E-state index < -0.39 is 22.0 Å². The minimum absolute atomic E-state index is 0.464. The highest BCUT2D eigenvalue weighted by atomic mass is 32.2. The molecule has 0 heterocycles. The molecule has 0 fully saturated rings. The first-order valence-electron chi connectivity index (χ1n) is 6.18. The molecule has 100 valence electrons. The molecule has 0 aliphatic heterocycles. The molecule has 1 rings (SSSR count). The fourth-order valence-electron chi connectivity index (χ4n) is 1.89. The van der Waals surface area contributed by atoms with E-state index in [1.807, 2.05) is 32.9 Å². The Kier molecular flexibility index (Phi) is 5.54. The van der Waals surface area contributed by atoms with Crippen molar-refractivity contribution in [3.05, 3.63) is 29.3 Å². The number of rotatable bonds is 6. The summed E-state index contributed by atoms with van der Waals surface area (Å²) in [5.74, 6) is -0.971. The quantitative estimate of drug-likeness (QED) is 0.862. The summed E-state index contributed by atoms with van der Waals surface area (Å²) >= 11 is 0. The minimum atomic E-state index is -1.47. The molecule has 2 atom stereocenters. The van der Waals surface area contributed by atoms with Gasteiger partial charge in [0.2, 0.25) is 0 Å². The second-order valence-electron chi connectivity index (χ2n) is 4.54. The number of carbonyl (C=O) groups is 1. The van der Waals surface area contributed by atoms with Crippen LogP contribution in [-0.4, -0.2) is 20.5 Å². The first kappa shape index (κ1) is 14.9. The maximum Gasteiger partial charge on any atom is 0.319 e. The molecule has 0 saturated carbocycles. The Hall–Kier alpha value is -1.16. The van der Waals surface area contributed by atoms with Crippen molar-refractivity contribution in [3.63, 3.8) is 0 Å². The van der Waals surface area contributed by atoms with Crippen molar-refractivity contribution < 1.29 is 14.1 Å². The average molecular weight is 268 g/mol. The third kappa shape index (κ3) is 3.67. The van der Waals surface area contributed by atoms with Gasteiger partial charge in [-0.15, -0.1) is 0 Å². The monoisotopic (exact) mass is 268 g/mol. The largest absolute Gasteiger partial charge is 0.480 e. The third-order valence-corrected chi connectivity index (χ3v) is 4.75. The number of benzene rings is 1. The van der Waals surface area contributed by atoms with Gasteiger partial charge in [-0.2, -0.15) is 0 Å². The second-order valence-corrected chi connectivity index (χ2v) is 6.14. The van der Waals surface area contributed by atoms with E-state index in [4.69, 9.17) is 0 Å². The van der Waals surface area contributed by atoms with Crippen LogP contribution in [0.15, 0.2) is 23.1 Å². The highest BCUT2D eigenvalue weighted by Crippen LogP contribution is 2.20. The van der Waals surface area contributed by atoms with Gasteiger partial charge in [-0.25, -0.2) is 0 Å². The molecule has 18 heavy (non-hydrogen) atoms. The van der Waals surface area contributed by atoms with Crippen LogP contribution in [0.4, 0.5) is 0 Å². The van der Waals surface area contributed by atoms with E-state index >= 15 is 0 Å². The topological polar surface area (TPSA) is 54.4 Å². The number of carboxylic acids is 1. The highest BCUT2D eigenvalue weighted by molar-refractivity contribution is 7.86. The Balaban J connectivity index is 2.98. The summed E-state index contributed by atoms with van der Waals surface area (Å²) in [6.45, 7) is 5.84. The zero-order valence-electron chi connectivity index (χ0n) is 11.1. The van der Waals surface area contributed by atoms with E-state index in [-0.39, 0.29) is 0 Å². The van der Waals surface area contributed by atoms with Crippen molar-refractivity contribution in [2.75, 3.05) is 0 Å². The van der Waals surface area contributed by atoms with Crippen LogP contribution >= 0.6 is 0 Å². The SMILES string of the molecule is CCCCC(C(=O)O)S(=O)c1ccc(C)cc1C. The first-order valence-corrected chi connectivity index (χ1v) is 7.39. The van der Waals surface area contributed by atoms with Crippen LogP contribution in [-0.2, 0) is 15.6 Å². The van der Waals surface area contributed by atoms with Crippen LogP contribution in [0.2, 0.25) is 0 Å². The molecule has 0 radical (unpaired) electrons. The number of carboxylic acid groups (broad SMARTS) is 1. The van der Waals surface area contributed by atoms with E-state index in [0.29, 0.717) is 11.3 Å². The van der Waals surface area contributed by atoms with Gasteiger partial charge in [0.1, 0.15) is 5.25 Å². The molecule has 0 spiro atoms. The second kappa shape index (κ2) is 6.69. The van der Waals surface area contributed by atoms with Gasteiger partial charge in [0, 0.05) is 4.90 Å². The van der Waals surface area contributed by atoms with Gasteiger partial charge in [0.15, 0.2) is 0 Å². The molecule has 1 aromatic rings. The Labute approximate surface area is 111 Å². The Morgan fingerprint density at radius 2 is 2.06 bits per heavy atom. The van der Waals surface area contributed by atoms with Crippen LogP contribution in [0.5, 0.6) is 0 Å². The fraction of sp³-hybridized carbons (Fsp3) is 0.500. The smallest absolute Gasteiger partial charge is 0.319 e. The molecule has 3 nitrogen and oxygen atoms in total. The summed E-state index contributed by atoms with van der Waals surface area (Å²) in [7, 11) is -1.47. The van der Waals surface area contributed by atoms with Crippen LogP contribution in [0.25, 0.3) is 0 Å². The van der Waals surface area contributed by atoms with Crippen molar-refractivity contribution in [3.8, 4) is 0 Å². The summed E-state index contributed by atoms with van der Waals surface area (Å²) in [5.41, 5.74) is 1.99. The molecule has 2 unspecified atom stereocenters. The maximum atomic E-state index is 12.4. The fourth-order valence-corrected chi connectivity index (χ4v) is 3.34. The Bertz CT molecular complexity index is 454. The van der Waals surface area contributed by atoms with Gasteiger partial charge >= 0.3 is 5.97 Å². The lowest BCUT2D eigenvalue weighted by Gasteiger charge is -2.13. The van der Waals surface area contributed by atoms with E-state index in [0.717, 1.165) is 24.0 Å². The molecular formula is C14H20O3S. The van der Waals surface area contributed by atoms with Gasteiger partial charge in [-0.3, -0.25) is 9.00 Å². The zero-order chi connectivity index (χ0) is 13.7. The van der Waals surface area contributed by atoms with E-state index in [9.17, 15) is 14.1 Å². The molecule has 0 bridgehead atoms. The molecule has 0 aliphatic rings. The standard InChI is InChI=1S/C14H20O3S/c1-4-5-6-13(14(15)16)18(17)12-8-7-10(2)9-11(12)3/h7-9,13H,4-6H2,1-3H3,(H,15,16). The number of hydrogen-bond donors (Lipinski definition) is 1. The van der Waals surface area contributed by atoms with Crippen LogP contribution < -0.4 is 0 Å². The van der Waals surface area contributed by atoms with Gasteiger partial charge in [0.05, 0.1) is 10.8 Å². The van der Waals surface area contributed by atoms with E-state index in [1.165, 1.54) is 0 Å². The lowest BCUT2D eigenvalue weighted by atomic mass is 10.2. The summed E-state index contributed by atoms with van der Waals surface area (Å²) in [6, 6.07) is 5.59. The number of aliphatic carboxylic acids is 1. The summed E-state index contributed by atoms with van der Waals surface area (Å²) in [4.78, 5) is 11.8. The third-order valence-electron chi connectivity index (χ3n) is 2.90. The van der Waals surface area contributed by atoms with E-state index in [1.54, 1.807) is 6.07 Å². The predicted octanol–water partition coefficient (Wildman–Crippen LogP) is 3.05. The molecule has 0 aromatic heterocycles. The first-order chi connectivity index (χ1) is 8.47. The molecule has 0 amide bonds. The normalized spacial score (nSPS) is 14.2. The van der Waals surface area contributed by atoms with E-state index in [2.05, 4.69) is 0 Å². The molecule has 4 heteroatoms.